The molecule has 20 heavy (non-hydrogen) atoms. The molecule has 0 aliphatic rings. The normalized spacial score (nSPS) is 14.2. The molecule has 0 aliphatic carbocycles. The summed E-state index contributed by atoms with van der Waals surface area (Å²) >= 11 is 0. The molecule has 1 unspecified atom stereocenters. The summed E-state index contributed by atoms with van der Waals surface area (Å²) in [7, 11) is 0. The third-order valence-electron chi connectivity index (χ3n) is 3.70. The molecule has 3 aromatic carbocycles. The van der Waals surface area contributed by atoms with E-state index >= 15 is 0 Å². The minimum atomic E-state index is -1.07. The summed E-state index contributed by atoms with van der Waals surface area (Å²) in [5, 5.41) is 12.5. The summed E-state index contributed by atoms with van der Waals surface area (Å²) < 4.78 is 13.2. The van der Waals surface area contributed by atoms with E-state index in [4.69, 9.17) is 0 Å². The van der Waals surface area contributed by atoms with Crippen molar-refractivity contribution in [3.05, 3.63) is 83.7 Å². The van der Waals surface area contributed by atoms with Crippen molar-refractivity contribution in [1.82, 2.24) is 0 Å². The van der Waals surface area contributed by atoms with Crippen LogP contribution in [-0.2, 0) is 5.60 Å². The zero-order chi connectivity index (χ0) is 14.2. The van der Waals surface area contributed by atoms with Crippen LogP contribution in [0.25, 0.3) is 10.8 Å². The van der Waals surface area contributed by atoms with Crippen LogP contribution in [0, 0.1) is 5.82 Å². The van der Waals surface area contributed by atoms with Crippen molar-refractivity contribution in [3.8, 4) is 0 Å². The molecule has 0 aliphatic heterocycles. The van der Waals surface area contributed by atoms with E-state index in [1.807, 2.05) is 48.5 Å². The average Bonchev–Trinajstić information content (AvgIpc) is 2.47. The highest BCUT2D eigenvalue weighted by Gasteiger charge is 2.25. The Kier molecular flexibility index (Phi) is 3.03. The van der Waals surface area contributed by atoms with Gasteiger partial charge in [-0.15, -0.1) is 0 Å². The Balaban J connectivity index is 2.12. The van der Waals surface area contributed by atoms with E-state index in [1.165, 1.54) is 12.1 Å². The maximum Gasteiger partial charge on any atom is 0.123 e. The van der Waals surface area contributed by atoms with Crippen molar-refractivity contribution >= 4 is 10.8 Å². The molecule has 0 fully saturated rings. The third-order valence-corrected chi connectivity index (χ3v) is 3.70. The van der Waals surface area contributed by atoms with E-state index in [9.17, 15) is 9.50 Å². The van der Waals surface area contributed by atoms with Gasteiger partial charge in [0.25, 0.3) is 0 Å². The lowest BCUT2D eigenvalue weighted by atomic mass is 9.87. The summed E-state index contributed by atoms with van der Waals surface area (Å²) in [6.45, 7) is 1.77. The minimum Gasteiger partial charge on any atom is -0.381 e. The molecule has 3 rings (SSSR count). The lowest BCUT2D eigenvalue weighted by Gasteiger charge is -2.25. The molecule has 3 aromatic rings. The average molecular weight is 266 g/mol. The zero-order valence-corrected chi connectivity index (χ0v) is 11.2. The molecular formula is C18H15FO. The number of benzene rings is 3. The minimum absolute atomic E-state index is 0.250. The van der Waals surface area contributed by atoms with Crippen LogP contribution in [0.15, 0.2) is 66.7 Å². The van der Waals surface area contributed by atoms with Gasteiger partial charge in [0, 0.05) is 0 Å². The van der Waals surface area contributed by atoms with Crippen molar-refractivity contribution in [2.24, 2.45) is 0 Å². The predicted octanol–water partition coefficient (Wildman–Crippen LogP) is 4.23. The zero-order valence-electron chi connectivity index (χ0n) is 11.2. The Bertz CT molecular complexity index is 748. The Morgan fingerprint density at radius 2 is 1.45 bits per heavy atom. The maximum atomic E-state index is 13.2. The van der Waals surface area contributed by atoms with Gasteiger partial charge in [-0.2, -0.15) is 0 Å². The van der Waals surface area contributed by atoms with E-state index in [1.54, 1.807) is 13.0 Å². The Morgan fingerprint density at radius 3 is 2.20 bits per heavy atom. The molecule has 2 heteroatoms. The number of halogens is 1. The van der Waals surface area contributed by atoms with Gasteiger partial charge in [-0.25, -0.2) is 4.39 Å². The molecule has 0 amide bonds. The van der Waals surface area contributed by atoms with E-state index in [-0.39, 0.29) is 5.82 Å². The van der Waals surface area contributed by atoms with Crippen molar-refractivity contribution in [2.75, 3.05) is 0 Å². The number of fused-ring (bicyclic) bond motifs is 1. The monoisotopic (exact) mass is 266 g/mol. The van der Waals surface area contributed by atoms with Crippen LogP contribution in [0.2, 0.25) is 0 Å². The first kappa shape index (κ1) is 12.8. The Labute approximate surface area is 117 Å². The lowest BCUT2D eigenvalue weighted by molar-refractivity contribution is 0.102. The highest BCUT2D eigenvalue weighted by Crippen LogP contribution is 2.31. The second-order valence-electron chi connectivity index (χ2n) is 5.14. The van der Waals surface area contributed by atoms with Gasteiger partial charge < -0.3 is 5.11 Å². The maximum absolute atomic E-state index is 13.2. The largest absolute Gasteiger partial charge is 0.381 e. The Hall–Kier alpha value is -2.19. The number of hydrogen-bond acceptors (Lipinski definition) is 1. The molecule has 1 atom stereocenters. The van der Waals surface area contributed by atoms with Crippen LogP contribution in [0.4, 0.5) is 4.39 Å². The van der Waals surface area contributed by atoms with Crippen LogP contribution in [-0.4, -0.2) is 5.11 Å². The molecule has 0 radical (unpaired) electrons. The van der Waals surface area contributed by atoms with Crippen LogP contribution < -0.4 is 0 Å². The van der Waals surface area contributed by atoms with Gasteiger partial charge >= 0.3 is 0 Å². The van der Waals surface area contributed by atoms with E-state index in [2.05, 4.69) is 0 Å². The first-order valence-electron chi connectivity index (χ1n) is 6.55. The standard InChI is InChI=1S/C18H15FO/c1-18(20,15-5-3-2-4-6-15)16-9-7-14-12-17(19)10-8-13(14)11-16/h2-12,20H,1H3. The molecule has 1 nitrogen and oxygen atoms in total. The van der Waals surface area contributed by atoms with Crippen LogP contribution in [0.5, 0.6) is 0 Å². The van der Waals surface area contributed by atoms with Gasteiger partial charge in [0.15, 0.2) is 0 Å². The fraction of sp³-hybridized carbons (Fsp3) is 0.111. The van der Waals surface area contributed by atoms with Crippen molar-refractivity contribution < 1.29 is 9.50 Å². The van der Waals surface area contributed by atoms with Gasteiger partial charge in [-0.05, 0) is 47.0 Å². The highest BCUT2D eigenvalue weighted by atomic mass is 19.1. The van der Waals surface area contributed by atoms with Gasteiger partial charge in [0.05, 0.1) is 0 Å². The van der Waals surface area contributed by atoms with Crippen LogP contribution in [0.3, 0.4) is 0 Å². The fourth-order valence-corrected chi connectivity index (χ4v) is 2.45. The van der Waals surface area contributed by atoms with Crippen LogP contribution in [0.1, 0.15) is 18.1 Å². The van der Waals surface area contributed by atoms with E-state index in [0.717, 1.165) is 21.9 Å². The summed E-state index contributed by atoms with van der Waals surface area (Å²) in [5.74, 6) is -0.250. The molecule has 0 bridgehead atoms. The molecule has 0 heterocycles. The highest BCUT2D eigenvalue weighted by molar-refractivity contribution is 5.83. The molecule has 0 spiro atoms. The van der Waals surface area contributed by atoms with Crippen molar-refractivity contribution in [1.29, 1.82) is 0 Å². The Morgan fingerprint density at radius 1 is 0.800 bits per heavy atom. The summed E-state index contributed by atoms with van der Waals surface area (Å²) in [6.07, 6.45) is 0. The smallest absolute Gasteiger partial charge is 0.123 e. The van der Waals surface area contributed by atoms with Gasteiger partial charge in [0.2, 0.25) is 0 Å². The van der Waals surface area contributed by atoms with Crippen molar-refractivity contribution in [3.63, 3.8) is 0 Å². The predicted molar refractivity (Wildman–Crippen MR) is 79.0 cm³/mol. The first-order valence-corrected chi connectivity index (χ1v) is 6.55. The molecule has 100 valence electrons. The first-order chi connectivity index (χ1) is 9.57. The summed E-state index contributed by atoms with van der Waals surface area (Å²) in [6, 6.07) is 19.8. The van der Waals surface area contributed by atoms with Gasteiger partial charge in [0.1, 0.15) is 11.4 Å². The van der Waals surface area contributed by atoms with Crippen molar-refractivity contribution in [2.45, 2.75) is 12.5 Å². The number of aliphatic hydroxyl groups is 1. The summed E-state index contributed by atoms with van der Waals surface area (Å²) in [5.41, 5.74) is 0.563. The molecular weight excluding hydrogens is 251 g/mol. The molecule has 0 saturated carbocycles. The van der Waals surface area contributed by atoms with Gasteiger partial charge in [-0.3, -0.25) is 0 Å². The summed E-state index contributed by atoms with van der Waals surface area (Å²) in [4.78, 5) is 0. The SMILES string of the molecule is CC(O)(c1ccccc1)c1ccc2cc(F)ccc2c1. The van der Waals surface area contributed by atoms with Gasteiger partial charge in [-0.1, -0.05) is 48.5 Å². The number of rotatable bonds is 2. The third kappa shape index (κ3) is 2.19. The second kappa shape index (κ2) is 4.73. The lowest BCUT2D eigenvalue weighted by Crippen LogP contribution is -2.22. The number of hydrogen-bond donors (Lipinski definition) is 1. The molecule has 0 saturated heterocycles. The quantitative estimate of drug-likeness (QED) is 0.735. The van der Waals surface area contributed by atoms with E-state index in [0.29, 0.717) is 0 Å². The molecule has 1 N–H and O–H groups in total. The fourth-order valence-electron chi connectivity index (χ4n) is 2.45. The topological polar surface area (TPSA) is 20.2 Å². The second-order valence-corrected chi connectivity index (χ2v) is 5.14. The van der Waals surface area contributed by atoms with Crippen LogP contribution >= 0.6 is 0 Å². The van der Waals surface area contributed by atoms with E-state index < -0.39 is 5.60 Å². The molecule has 0 aromatic heterocycles.